The third-order valence-corrected chi connectivity index (χ3v) is 2.57. The molecule has 0 atom stereocenters. The number of nitrogen functional groups attached to an aromatic ring is 1. The fourth-order valence-electron chi connectivity index (χ4n) is 1.62. The average Bonchev–Trinajstić information content (AvgIpc) is 2.89. The van der Waals surface area contributed by atoms with Gasteiger partial charge in [0, 0.05) is 32.5 Å². The minimum Gasteiger partial charge on any atom is -0.393 e. The molecule has 0 aliphatic rings. The summed E-state index contributed by atoms with van der Waals surface area (Å²) in [5.74, 6) is 1.31. The number of nitrogens with zero attached hydrogens (tertiary/aromatic N) is 4. The summed E-state index contributed by atoms with van der Waals surface area (Å²) in [5.41, 5.74) is 6.45. The molecule has 0 fully saturated rings. The molecular weight excluding hydrogens is 230 g/mol. The SMILES string of the molecule is CNc1ncnc(NCCCn2ccnc2)c1N. The van der Waals surface area contributed by atoms with Crippen LogP contribution in [0.2, 0.25) is 0 Å². The zero-order valence-corrected chi connectivity index (χ0v) is 10.3. The summed E-state index contributed by atoms with van der Waals surface area (Å²) in [6, 6.07) is 0. The third kappa shape index (κ3) is 2.88. The summed E-state index contributed by atoms with van der Waals surface area (Å²) in [7, 11) is 1.78. The summed E-state index contributed by atoms with van der Waals surface area (Å²) >= 11 is 0. The van der Waals surface area contributed by atoms with Crippen molar-refractivity contribution in [1.82, 2.24) is 19.5 Å². The van der Waals surface area contributed by atoms with E-state index in [9.17, 15) is 0 Å². The van der Waals surface area contributed by atoms with Crippen molar-refractivity contribution in [2.45, 2.75) is 13.0 Å². The Morgan fingerprint density at radius 2 is 2.17 bits per heavy atom. The second-order valence-electron chi connectivity index (χ2n) is 3.82. The smallest absolute Gasteiger partial charge is 0.154 e. The predicted molar refractivity (Wildman–Crippen MR) is 71.3 cm³/mol. The summed E-state index contributed by atoms with van der Waals surface area (Å²) in [6.45, 7) is 1.71. The van der Waals surface area contributed by atoms with Gasteiger partial charge in [0.1, 0.15) is 12.0 Å². The molecule has 7 nitrogen and oxygen atoms in total. The van der Waals surface area contributed by atoms with Gasteiger partial charge in [0.15, 0.2) is 11.6 Å². The zero-order chi connectivity index (χ0) is 12.8. The lowest BCUT2D eigenvalue weighted by atomic mass is 10.4. The van der Waals surface area contributed by atoms with E-state index in [2.05, 4.69) is 25.6 Å². The highest BCUT2D eigenvalue weighted by Crippen LogP contribution is 2.21. The minimum atomic E-state index is 0.544. The number of imidazole rings is 1. The lowest BCUT2D eigenvalue weighted by Gasteiger charge is -2.10. The second-order valence-corrected chi connectivity index (χ2v) is 3.82. The minimum absolute atomic E-state index is 0.544. The first-order valence-electron chi connectivity index (χ1n) is 5.79. The van der Waals surface area contributed by atoms with Gasteiger partial charge in [-0.1, -0.05) is 0 Å². The van der Waals surface area contributed by atoms with E-state index < -0.39 is 0 Å². The summed E-state index contributed by atoms with van der Waals surface area (Å²) in [4.78, 5) is 12.1. The van der Waals surface area contributed by atoms with Crippen molar-refractivity contribution in [2.24, 2.45) is 0 Å². The monoisotopic (exact) mass is 247 g/mol. The number of hydrogen-bond acceptors (Lipinski definition) is 6. The third-order valence-electron chi connectivity index (χ3n) is 2.57. The average molecular weight is 247 g/mol. The van der Waals surface area contributed by atoms with Crippen LogP contribution in [-0.2, 0) is 6.54 Å². The Morgan fingerprint density at radius 1 is 1.33 bits per heavy atom. The number of nitrogens with one attached hydrogen (secondary N) is 2. The van der Waals surface area contributed by atoms with Crippen LogP contribution in [0.5, 0.6) is 0 Å². The van der Waals surface area contributed by atoms with Crippen molar-refractivity contribution in [3.05, 3.63) is 25.0 Å². The molecule has 0 aliphatic heterocycles. The van der Waals surface area contributed by atoms with Crippen molar-refractivity contribution in [1.29, 1.82) is 0 Å². The van der Waals surface area contributed by atoms with Gasteiger partial charge in [-0.05, 0) is 6.42 Å². The van der Waals surface area contributed by atoms with E-state index in [1.54, 1.807) is 19.6 Å². The number of nitrogens with two attached hydrogens (primary N) is 1. The van der Waals surface area contributed by atoms with Crippen molar-refractivity contribution in [3.8, 4) is 0 Å². The topological polar surface area (TPSA) is 93.7 Å². The second kappa shape index (κ2) is 5.85. The Morgan fingerprint density at radius 3 is 2.89 bits per heavy atom. The lowest BCUT2D eigenvalue weighted by Crippen LogP contribution is -2.10. The molecule has 0 radical (unpaired) electrons. The summed E-state index contributed by atoms with van der Waals surface area (Å²) in [5, 5.41) is 6.12. The lowest BCUT2D eigenvalue weighted by molar-refractivity contribution is 0.660. The van der Waals surface area contributed by atoms with Crippen LogP contribution in [0.25, 0.3) is 0 Å². The molecule has 0 saturated heterocycles. The van der Waals surface area contributed by atoms with Crippen molar-refractivity contribution < 1.29 is 0 Å². The van der Waals surface area contributed by atoms with Crippen molar-refractivity contribution in [2.75, 3.05) is 30.0 Å². The van der Waals surface area contributed by atoms with Crippen LogP contribution in [0.3, 0.4) is 0 Å². The van der Waals surface area contributed by atoms with E-state index in [0.29, 0.717) is 17.3 Å². The van der Waals surface area contributed by atoms with E-state index in [1.807, 2.05) is 10.8 Å². The van der Waals surface area contributed by atoms with Crippen LogP contribution in [0.1, 0.15) is 6.42 Å². The Kier molecular flexibility index (Phi) is 3.95. The molecule has 0 unspecified atom stereocenters. The molecule has 0 bridgehead atoms. The number of anilines is 3. The molecule has 0 amide bonds. The Labute approximate surface area is 105 Å². The Bertz CT molecular complexity index is 480. The first-order chi connectivity index (χ1) is 8.81. The quantitative estimate of drug-likeness (QED) is 0.654. The van der Waals surface area contributed by atoms with Gasteiger partial charge in [0.05, 0.1) is 6.33 Å². The molecule has 2 heterocycles. The van der Waals surface area contributed by atoms with Gasteiger partial charge in [0.2, 0.25) is 0 Å². The predicted octanol–water partition coefficient (Wildman–Crippen LogP) is 0.799. The van der Waals surface area contributed by atoms with Crippen LogP contribution in [0.15, 0.2) is 25.0 Å². The molecule has 96 valence electrons. The molecule has 2 rings (SSSR count). The number of hydrogen-bond donors (Lipinski definition) is 3. The van der Waals surface area contributed by atoms with Gasteiger partial charge in [-0.15, -0.1) is 0 Å². The number of aryl methyl sites for hydroxylation is 1. The first-order valence-corrected chi connectivity index (χ1v) is 5.79. The molecule has 4 N–H and O–H groups in total. The molecule has 7 heteroatoms. The highest BCUT2D eigenvalue weighted by atomic mass is 15.1. The summed E-state index contributed by atoms with van der Waals surface area (Å²) < 4.78 is 2.03. The van der Waals surface area contributed by atoms with E-state index >= 15 is 0 Å². The van der Waals surface area contributed by atoms with Gasteiger partial charge >= 0.3 is 0 Å². The van der Waals surface area contributed by atoms with Gasteiger partial charge < -0.3 is 20.9 Å². The first kappa shape index (κ1) is 12.2. The molecule has 0 aliphatic carbocycles. The van der Waals surface area contributed by atoms with E-state index in [4.69, 9.17) is 5.73 Å². The Balaban J connectivity index is 1.83. The highest BCUT2D eigenvalue weighted by molar-refractivity contribution is 5.73. The molecule has 0 aromatic carbocycles. The van der Waals surface area contributed by atoms with Crippen LogP contribution in [0.4, 0.5) is 17.3 Å². The maximum absolute atomic E-state index is 5.91. The molecule has 2 aromatic heterocycles. The van der Waals surface area contributed by atoms with Crippen LogP contribution >= 0.6 is 0 Å². The van der Waals surface area contributed by atoms with E-state index in [1.165, 1.54) is 6.33 Å². The number of aromatic nitrogens is 4. The maximum Gasteiger partial charge on any atom is 0.154 e. The zero-order valence-electron chi connectivity index (χ0n) is 10.3. The van der Waals surface area contributed by atoms with Crippen molar-refractivity contribution in [3.63, 3.8) is 0 Å². The van der Waals surface area contributed by atoms with Crippen molar-refractivity contribution >= 4 is 17.3 Å². The highest BCUT2D eigenvalue weighted by Gasteiger charge is 2.05. The van der Waals surface area contributed by atoms with Crippen LogP contribution in [-0.4, -0.2) is 33.1 Å². The van der Waals surface area contributed by atoms with Crippen LogP contribution < -0.4 is 16.4 Å². The standard InChI is InChI=1S/C11H17N7/c1-13-10-9(12)11(17-7-16-10)15-3-2-5-18-6-4-14-8-18/h4,6-8H,2-3,5,12H2,1H3,(H2,13,15,16,17). The van der Waals surface area contributed by atoms with E-state index in [-0.39, 0.29) is 0 Å². The molecule has 0 saturated carbocycles. The van der Waals surface area contributed by atoms with Gasteiger partial charge in [-0.3, -0.25) is 0 Å². The number of rotatable bonds is 6. The molecule has 18 heavy (non-hydrogen) atoms. The fourth-order valence-corrected chi connectivity index (χ4v) is 1.62. The Hall–Kier alpha value is -2.31. The van der Waals surface area contributed by atoms with Crippen LogP contribution in [0, 0.1) is 0 Å². The summed E-state index contributed by atoms with van der Waals surface area (Å²) in [6.07, 6.45) is 7.97. The molecule has 2 aromatic rings. The molecular formula is C11H17N7. The maximum atomic E-state index is 5.91. The van der Waals surface area contributed by atoms with Gasteiger partial charge in [-0.25, -0.2) is 15.0 Å². The van der Waals surface area contributed by atoms with E-state index in [0.717, 1.165) is 19.5 Å². The fraction of sp³-hybridized carbons (Fsp3) is 0.364. The molecule has 0 spiro atoms. The normalized spacial score (nSPS) is 10.3. The van der Waals surface area contributed by atoms with Gasteiger partial charge in [0.25, 0.3) is 0 Å². The van der Waals surface area contributed by atoms with Gasteiger partial charge in [-0.2, -0.15) is 0 Å². The largest absolute Gasteiger partial charge is 0.393 e.